The van der Waals surface area contributed by atoms with E-state index in [1.165, 1.54) is 5.57 Å². The number of rotatable bonds is 7. The van der Waals surface area contributed by atoms with E-state index < -0.39 is 21.8 Å². The minimum atomic E-state index is -1.82. The van der Waals surface area contributed by atoms with Gasteiger partial charge in [-0.15, -0.1) is 0 Å². The lowest BCUT2D eigenvalue weighted by Gasteiger charge is -2.36. The van der Waals surface area contributed by atoms with E-state index in [1.54, 1.807) is 0 Å². The minimum Gasteiger partial charge on any atom is -0.415 e. The Bertz CT molecular complexity index is 601. The van der Waals surface area contributed by atoms with E-state index in [2.05, 4.69) is 60.1 Å². The maximum Gasteiger partial charge on any atom is 0.192 e. The van der Waals surface area contributed by atoms with Crippen LogP contribution < -0.4 is 0 Å². The quantitative estimate of drug-likeness (QED) is 0.363. The number of hydrogen-bond donors (Lipinski definition) is 0. The summed E-state index contributed by atoms with van der Waals surface area (Å²) >= 11 is 0. The van der Waals surface area contributed by atoms with Crippen molar-refractivity contribution in [3.05, 3.63) is 12.2 Å². The molecule has 0 bridgehead atoms. The van der Waals surface area contributed by atoms with Gasteiger partial charge >= 0.3 is 0 Å². The number of hydrogen-bond acceptors (Lipinski definition) is 3. The van der Waals surface area contributed by atoms with Crippen molar-refractivity contribution in [1.29, 1.82) is 0 Å². The predicted octanol–water partition coefficient (Wildman–Crippen LogP) is 6.35. The number of carbonyl (C=O) groups excluding carboxylic acids is 1. The van der Waals surface area contributed by atoms with Gasteiger partial charge in [0.2, 0.25) is 0 Å². The largest absolute Gasteiger partial charge is 0.415 e. The summed E-state index contributed by atoms with van der Waals surface area (Å²) < 4.78 is 6.42. The molecule has 0 N–H and O–H groups in total. The van der Waals surface area contributed by atoms with Crippen LogP contribution in [0, 0.1) is 11.3 Å². The molecule has 3 nitrogen and oxygen atoms in total. The molecule has 0 aromatic heterocycles. The molecule has 0 aromatic rings. The van der Waals surface area contributed by atoms with Crippen LogP contribution in [0.4, 0.5) is 0 Å². The van der Waals surface area contributed by atoms with Crippen LogP contribution in [0.3, 0.4) is 0 Å². The van der Waals surface area contributed by atoms with Crippen molar-refractivity contribution >= 4 is 27.9 Å². The fourth-order valence-corrected chi connectivity index (χ4v) is 5.77. The van der Waals surface area contributed by atoms with E-state index in [9.17, 15) is 4.79 Å². The molecule has 156 valence electrons. The molecule has 0 spiro atoms. The van der Waals surface area contributed by atoms with Crippen LogP contribution >= 0.6 is 0 Å². The second-order valence-electron chi connectivity index (χ2n) is 12.0. The average Bonchev–Trinajstić information content (AvgIpc) is 2.84. The van der Waals surface area contributed by atoms with Gasteiger partial charge in [-0.25, -0.2) is 0 Å². The van der Waals surface area contributed by atoms with Crippen molar-refractivity contribution in [3.8, 4) is 0 Å². The Labute approximate surface area is 170 Å². The third kappa shape index (κ3) is 6.79. The second-order valence-corrected chi connectivity index (χ2v) is 22.3. The first kappa shape index (κ1) is 24.5. The van der Waals surface area contributed by atoms with Crippen LogP contribution in [0.5, 0.6) is 0 Å². The summed E-state index contributed by atoms with van der Waals surface area (Å²) in [6, 6.07) is 1.12. The zero-order valence-electron chi connectivity index (χ0n) is 19.7. The van der Waals surface area contributed by atoms with Crippen molar-refractivity contribution in [2.45, 2.75) is 97.8 Å². The molecule has 0 amide bonds. The van der Waals surface area contributed by atoms with Gasteiger partial charge < -0.3 is 4.43 Å². The summed E-state index contributed by atoms with van der Waals surface area (Å²) in [5, 5.41) is 0.181. The highest BCUT2D eigenvalue weighted by molar-refractivity contribution is 6.76. The van der Waals surface area contributed by atoms with E-state index in [4.69, 9.17) is 9.42 Å². The van der Waals surface area contributed by atoms with Gasteiger partial charge in [0.15, 0.2) is 14.1 Å². The highest BCUT2D eigenvalue weighted by Gasteiger charge is 2.41. The van der Waals surface area contributed by atoms with Crippen LogP contribution in [0.25, 0.3) is 0 Å². The van der Waals surface area contributed by atoms with Crippen molar-refractivity contribution in [2.75, 3.05) is 6.61 Å². The summed E-state index contributed by atoms with van der Waals surface area (Å²) in [5.41, 5.74) is 1.53. The highest BCUT2D eigenvalue weighted by atomic mass is 28.4. The van der Waals surface area contributed by atoms with Crippen LogP contribution in [0.15, 0.2) is 17.1 Å². The first-order valence-corrected chi connectivity index (χ1v) is 16.9. The molecule has 0 saturated heterocycles. The molecule has 0 aliphatic carbocycles. The number of carbonyl (C=O) groups is 1. The molecule has 1 heterocycles. The van der Waals surface area contributed by atoms with Gasteiger partial charge in [0.25, 0.3) is 0 Å². The standard InChI is InChI=1S/C22H43NO2Si2/c1-16(15-26(8,9)10)18-13-17(14-25-27(11,12)22(5,6)7)23-19(18)20(24)21(2,3)4/h17-18H,1,13-15H2,2-12H3/t17-,18+/m1/s1. The lowest BCUT2D eigenvalue weighted by atomic mass is 9.81. The predicted molar refractivity (Wildman–Crippen MR) is 124 cm³/mol. The molecule has 0 radical (unpaired) electrons. The maximum absolute atomic E-state index is 13.1. The van der Waals surface area contributed by atoms with Gasteiger partial charge in [-0.1, -0.05) is 73.3 Å². The average molecular weight is 410 g/mol. The summed E-state index contributed by atoms with van der Waals surface area (Å²) in [6.07, 6.45) is 0.870. The van der Waals surface area contributed by atoms with Crippen molar-refractivity contribution in [2.24, 2.45) is 16.3 Å². The van der Waals surface area contributed by atoms with Crippen LogP contribution in [0.1, 0.15) is 48.0 Å². The zero-order chi connectivity index (χ0) is 21.4. The zero-order valence-corrected chi connectivity index (χ0v) is 21.7. The molecule has 27 heavy (non-hydrogen) atoms. The Hall–Kier alpha value is -0.526. The van der Waals surface area contributed by atoms with Crippen LogP contribution in [0.2, 0.25) is 43.8 Å². The molecule has 1 aliphatic rings. The third-order valence-electron chi connectivity index (χ3n) is 5.77. The lowest BCUT2D eigenvalue weighted by molar-refractivity contribution is -0.119. The van der Waals surface area contributed by atoms with E-state index in [0.29, 0.717) is 6.61 Å². The van der Waals surface area contributed by atoms with Crippen molar-refractivity contribution < 1.29 is 9.22 Å². The first-order chi connectivity index (χ1) is 11.8. The molecule has 0 aromatic carbocycles. The number of Topliss-reactive ketones (excluding diaryl/α,β-unsaturated/α-hetero) is 1. The van der Waals surface area contributed by atoms with E-state index in [-0.39, 0.29) is 22.8 Å². The summed E-state index contributed by atoms with van der Waals surface area (Å²) in [7, 11) is -3.10. The topological polar surface area (TPSA) is 38.7 Å². The van der Waals surface area contributed by atoms with Crippen molar-refractivity contribution in [1.82, 2.24) is 0 Å². The smallest absolute Gasteiger partial charge is 0.192 e. The number of nitrogens with zero attached hydrogens (tertiary/aromatic N) is 1. The van der Waals surface area contributed by atoms with Crippen LogP contribution in [-0.4, -0.2) is 40.5 Å². The maximum atomic E-state index is 13.1. The Balaban J connectivity index is 3.02. The molecule has 5 heteroatoms. The molecule has 1 rings (SSSR count). The Morgan fingerprint density at radius 2 is 1.63 bits per heavy atom. The van der Waals surface area contributed by atoms with Gasteiger partial charge in [0.05, 0.1) is 18.4 Å². The molecular weight excluding hydrogens is 366 g/mol. The monoisotopic (exact) mass is 409 g/mol. The number of aliphatic imine (C=N–C) groups is 1. The van der Waals surface area contributed by atoms with Gasteiger partial charge in [-0.05, 0) is 30.6 Å². The van der Waals surface area contributed by atoms with E-state index >= 15 is 0 Å². The molecule has 0 fully saturated rings. The first-order valence-electron chi connectivity index (χ1n) is 10.3. The summed E-state index contributed by atoms with van der Waals surface area (Å²) in [4.78, 5) is 18.0. The summed E-state index contributed by atoms with van der Waals surface area (Å²) in [5.74, 6) is 0.260. The van der Waals surface area contributed by atoms with Gasteiger partial charge in [0, 0.05) is 19.4 Å². The van der Waals surface area contributed by atoms with Crippen molar-refractivity contribution in [3.63, 3.8) is 0 Å². The molecule has 2 atom stereocenters. The van der Waals surface area contributed by atoms with Crippen LogP contribution in [-0.2, 0) is 9.22 Å². The number of ketones is 1. The van der Waals surface area contributed by atoms with Gasteiger partial charge in [-0.3, -0.25) is 9.79 Å². The molecular formula is C22H43NO2Si2. The highest BCUT2D eigenvalue weighted by Crippen LogP contribution is 2.38. The Kier molecular flexibility index (Phi) is 7.33. The fraction of sp³-hybridized carbons (Fsp3) is 0.818. The normalized spacial score (nSPS) is 22.0. The third-order valence-corrected chi connectivity index (χ3v) is 11.8. The van der Waals surface area contributed by atoms with Gasteiger partial charge in [-0.2, -0.15) is 0 Å². The van der Waals surface area contributed by atoms with E-state index in [0.717, 1.165) is 18.2 Å². The molecule has 1 aliphatic heterocycles. The lowest BCUT2D eigenvalue weighted by Crippen LogP contribution is -2.42. The Morgan fingerprint density at radius 3 is 2.04 bits per heavy atom. The Morgan fingerprint density at radius 1 is 1.11 bits per heavy atom. The SMILES string of the molecule is C=C(C[Si](C)(C)C)[C@@H]1C[C@H](CO[Si](C)(C)C(C)(C)C)N=C1C(=O)C(C)(C)C. The number of allylic oxidation sites excluding steroid dienone is 1. The second kappa shape index (κ2) is 8.07. The van der Waals surface area contributed by atoms with Gasteiger partial charge in [0.1, 0.15) is 0 Å². The fourth-order valence-electron chi connectivity index (χ4n) is 3.11. The summed E-state index contributed by atoms with van der Waals surface area (Å²) in [6.45, 7) is 29.3. The molecule has 0 saturated carbocycles. The minimum absolute atomic E-state index is 0.0730. The van der Waals surface area contributed by atoms with E-state index in [1.807, 2.05) is 20.8 Å². The molecule has 0 unspecified atom stereocenters.